The second-order valence-corrected chi connectivity index (χ2v) is 6.19. The van der Waals surface area contributed by atoms with Crippen LogP contribution in [-0.2, 0) is 0 Å². The maximum Gasteiger partial charge on any atom is 0.323 e. The summed E-state index contributed by atoms with van der Waals surface area (Å²) in [6.07, 6.45) is 1.44. The summed E-state index contributed by atoms with van der Waals surface area (Å²) in [5.74, 6) is -0.0922. The van der Waals surface area contributed by atoms with Gasteiger partial charge in [0.25, 0.3) is 5.91 Å². The number of hydrogen-bond acceptors (Lipinski definition) is 4. The van der Waals surface area contributed by atoms with Gasteiger partial charge < -0.3 is 14.9 Å². The van der Waals surface area contributed by atoms with E-state index in [0.29, 0.717) is 17.8 Å². The number of imidazole rings is 1. The zero-order valence-corrected chi connectivity index (χ0v) is 12.6. The summed E-state index contributed by atoms with van der Waals surface area (Å²) in [5, 5.41) is 0. The van der Waals surface area contributed by atoms with Gasteiger partial charge in [0.15, 0.2) is 0 Å². The highest BCUT2D eigenvalue weighted by atomic mass is 16.2. The molecule has 7 heteroatoms. The second-order valence-electron chi connectivity index (χ2n) is 6.19. The number of H-pyrrole nitrogens is 2. The number of hydrogen-bond donors (Lipinski definition) is 2. The minimum Gasteiger partial charge on any atom is -0.334 e. The van der Waals surface area contributed by atoms with Gasteiger partial charge >= 0.3 is 5.69 Å². The molecule has 0 atom stereocenters. The molecule has 2 saturated heterocycles. The normalized spacial score (nSPS) is 21.8. The van der Waals surface area contributed by atoms with Crippen molar-refractivity contribution in [2.24, 2.45) is 0 Å². The summed E-state index contributed by atoms with van der Waals surface area (Å²) in [7, 11) is 0. The van der Waals surface area contributed by atoms with Crippen LogP contribution >= 0.6 is 0 Å². The van der Waals surface area contributed by atoms with Crippen LogP contribution in [0.25, 0.3) is 0 Å². The lowest BCUT2D eigenvalue weighted by molar-refractivity contribution is 0.00290. The number of aromatic nitrogens is 2. The number of rotatable bonds is 3. The molecule has 0 saturated carbocycles. The van der Waals surface area contributed by atoms with Gasteiger partial charge in [0.2, 0.25) is 0 Å². The first kappa shape index (κ1) is 14.3. The monoisotopic (exact) mass is 293 g/mol. The van der Waals surface area contributed by atoms with Crippen molar-refractivity contribution >= 4 is 5.91 Å². The largest absolute Gasteiger partial charge is 0.334 e. The third-order valence-corrected chi connectivity index (χ3v) is 4.57. The molecule has 2 aliphatic rings. The van der Waals surface area contributed by atoms with Crippen LogP contribution in [0.15, 0.2) is 11.0 Å². The Balaban J connectivity index is 1.48. The molecule has 0 aromatic carbocycles. The van der Waals surface area contributed by atoms with Gasteiger partial charge in [-0.3, -0.25) is 14.6 Å². The topological polar surface area (TPSA) is 75.4 Å². The van der Waals surface area contributed by atoms with Crippen molar-refractivity contribution in [2.45, 2.75) is 25.9 Å². The summed E-state index contributed by atoms with van der Waals surface area (Å²) in [5.41, 5.74) is 0.0170. The predicted molar refractivity (Wildman–Crippen MR) is 79.4 cm³/mol. The van der Waals surface area contributed by atoms with E-state index in [2.05, 4.69) is 33.6 Å². The first-order valence-corrected chi connectivity index (χ1v) is 7.59. The summed E-state index contributed by atoms with van der Waals surface area (Å²) in [6, 6.07) is 1.07. The Morgan fingerprint density at radius 2 is 1.90 bits per heavy atom. The number of piperazine rings is 1. The number of carbonyl (C=O) groups excluding carboxylic acids is 1. The fourth-order valence-corrected chi connectivity index (χ4v) is 3.09. The van der Waals surface area contributed by atoms with E-state index in [0.717, 1.165) is 39.3 Å². The lowest BCUT2D eigenvalue weighted by Crippen LogP contribution is -2.64. The average Bonchev–Trinajstić information content (AvgIpc) is 2.84. The van der Waals surface area contributed by atoms with Gasteiger partial charge in [0.05, 0.1) is 0 Å². The third-order valence-electron chi connectivity index (χ3n) is 4.57. The van der Waals surface area contributed by atoms with E-state index in [1.54, 1.807) is 4.90 Å². The number of nitrogens with zero attached hydrogens (tertiary/aromatic N) is 3. The van der Waals surface area contributed by atoms with Crippen molar-refractivity contribution in [1.29, 1.82) is 0 Å². The molecule has 7 nitrogen and oxygen atoms in total. The third kappa shape index (κ3) is 2.89. The molecule has 1 aromatic heterocycles. The first-order chi connectivity index (χ1) is 10.0. The Kier molecular flexibility index (Phi) is 3.86. The van der Waals surface area contributed by atoms with Crippen molar-refractivity contribution < 1.29 is 4.79 Å². The Morgan fingerprint density at radius 3 is 2.43 bits per heavy atom. The number of nitrogens with one attached hydrogen (secondary N) is 2. The zero-order valence-electron chi connectivity index (χ0n) is 12.6. The smallest absolute Gasteiger partial charge is 0.323 e. The van der Waals surface area contributed by atoms with Gasteiger partial charge in [-0.25, -0.2) is 4.79 Å². The highest BCUT2D eigenvalue weighted by molar-refractivity contribution is 5.92. The molecule has 3 rings (SSSR count). The summed E-state index contributed by atoms with van der Waals surface area (Å²) < 4.78 is 0. The Hall–Kier alpha value is -1.60. The van der Waals surface area contributed by atoms with E-state index >= 15 is 0 Å². The maximum absolute atomic E-state index is 12.1. The quantitative estimate of drug-likeness (QED) is 0.792. The lowest BCUT2D eigenvalue weighted by Gasteiger charge is -2.48. The van der Waals surface area contributed by atoms with Crippen LogP contribution in [0, 0.1) is 0 Å². The van der Waals surface area contributed by atoms with Crippen molar-refractivity contribution in [3.63, 3.8) is 0 Å². The number of carbonyl (C=O) groups is 1. The molecule has 0 aliphatic carbocycles. The van der Waals surface area contributed by atoms with E-state index in [9.17, 15) is 9.59 Å². The maximum atomic E-state index is 12.1. The van der Waals surface area contributed by atoms with Crippen LogP contribution in [0.4, 0.5) is 0 Å². The Bertz CT molecular complexity index is 550. The molecule has 1 aromatic rings. The predicted octanol–water partition coefficient (Wildman–Crippen LogP) is -0.447. The zero-order chi connectivity index (χ0) is 15.0. The van der Waals surface area contributed by atoms with E-state index < -0.39 is 0 Å². The highest BCUT2D eigenvalue weighted by Crippen LogP contribution is 2.19. The van der Waals surface area contributed by atoms with Crippen molar-refractivity contribution in [2.75, 3.05) is 39.3 Å². The van der Waals surface area contributed by atoms with Crippen LogP contribution < -0.4 is 5.69 Å². The molecular weight excluding hydrogens is 270 g/mol. The van der Waals surface area contributed by atoms with Gasteiger partial charge in [-0.15, -0.1) is 0 Å². The van der Waals surface area contributed by atoms with Gasteiger partial charge in [-0.1, -0.05) is 0 Å². The number of amides is 1. The van der Waals surface area contributed by atoms with Crippen LogP contribution in [0.1, 0.15) is 24.3 Å². The van der Waals surface area contributed by atoms with Crippen LogP contribution in [0.5, 0.6) is 0 Å². The SMILES string of the molecule is CC(C)N1CCN(C2CN(C(=O)c3c[nH]c(=O)[nH]3)C2)CC1. The molecule has 0 radical (unpaired) electrons. The fourth-order valence-electron chi connectivity index (χ4n) is 3.09. The summed E-state index contributed by atoms with van der Waals surface area (Å²) in [6.45, 7) is 10.3. The molecule has 2 N–H and O–H groups in total. The van der Waals surface area contributed by atoms with Crippen molar-refractivity contribution in [3.05, 3.63) is 22.4 Å². The van der Waals surface area contributed by atoms with Crippen molar-refractivity contribution in [3.8, 4) is 0 Å². The standard InChI is InChI=1S/C14H23N5O2/c1-10(2)17-3-5-18(6-4-17)11-8-19(9-11)13(20)12-7-15-14(21)16-12/h7,10-11H,3-6,8-9H2,1-2H3,(H2,15,16,21). The van der Waals surface area contributed by atoms with E-state index in [1.165, 1.54) is 6.20 Å². The molecule has 1 amide bonds. The molecular formula is C14H23N5O2. The van der Waals surface area contributed by atoms with Crippen LogP contribution in [-0.4, -0.2) is 81.9 Å². The summed E-state index contributed by atoms with van der Waals surface area (Å²) >= 11 is 0. The second kappa shape index (κ2) is 5.65. The summed E-state index contributed by atoms with van der Waals surface area (Å²) in [4.78, 5) is 34.9. The molecule has 2 aliphatic heterocycles. The molecule has 0 bridgehead atoms. The first-order valence-electron chi connectivity index (χ1n) is 7.59. The Morgan fingerprint density at radius 1 is 1.24 bits per heavy atom. The Labute approximate surface area is 123 Å². The van der Waals surface area contributed by atoms with E-state index in [4.69, 9.17) is 0 Å². The van der Waals surface area contributed by atoms with Crippen LogP contribution in [0.2, 0.25) is 0 Å². The fraction of sp³-hybridized carbons (Fsp3) is 0.714. The van der Waals surface area contributed by atoms with Gasteiger partial charge in [0, 0.05) is 57.5 Å². The van der Waals surface area contributed by atoms with Gasteiger partial charge in [0.1, 0.15) is 5.69 Å². The number of likely N-dealkylation sites (tertiary alicyclic amines) is 1. The van der Waals surface area contributed by atoms with E-state index in [1.807, 2.05) is 0 Å². The minimum absolute atomic E-state index is 0.0922. The molecule has 0 unspecified atom stereocenters. The lowest BCUT2D eigenvalue weighted by atomic mass is 10.1. The van der Waals surface area contributed by atoms with Crippen LogP contribution in [0.3, 0.4) is 0 Å². The number of aromatic amines is 2. The molecule has 116 valence electrons. The van der Waals surface area contributed by atoms with Crippen molar-refractivity contribution in [1.82, 2.24) is 24.7 Å². The van der Waals surface area contributed by atoms with Gasteiger partial charge in [-0.2, -0.15) is 0 Å². The molecule has 3 heterocycles. The minimum atomic E-state index is -0.333. The molecule has 2 fully saturated rings. The van der Waals surface area contributed by atoms with Gasteiger partial charge in [-0.05, 0) is 13.8 Å². The average molecular weight is 293 g/mol. The highest BCUT2D eigenvalue weighted by Gasteiger charge is 2.36. The van der Waals surface area contributed by atoms with E-state index in [-0.39, 0.29) is 11.6 Å². The molecule has 0 spiro atoms. The molecule has 21 heavy (non-hydrogen) atoms.